The van der Waals surface area contributed by atoms with Gasteiger partial charge in [0.25, 0.3) is 0 Å². The molecule has 0 aromatic rings. The molecule has 24 heavy (non-hydrogen) atoms. The highest BCUT2D eigenvalue weighted by Gasteiger charge is 2.58. The van der Waals surface area contributed by atoms with Gasteiger partial charge in [-0.1, -0.05) is 32.4 Å². The van der Waals surface area contributed by atoms with E-state index in [0.29, 0.717) is 35.2 Å². The molecule has 0 aliphatic heterocycles. The molecule has 4 aliphatic rings. The first kappa shape index (κ1) is 17.1. The molecule has 0 aromatic heterocycles. The molecule has 3 saturated carbocycles. The lowest BCUT2D eigenvalue weighted by molar-refractivity contribution is -0.0439. The molecule has 4 rings (SSSR count). The van der Waals surface area contributed by atoms with Gasteiger partial charge in [-0.05, 0) is 91.8 Å². The molecular formula is C22H36O2. The van der Waals surface area contributed by atoms with Gasteiger partial charge in [0.1, 0.15) is 0 Å². The molecular weight excluding hydrogens is 296 g/mol. The summed E-state index contributed by atoms with van der Waals surface area (Å²) in [7, 11) is 0. The third-order valence-corrected chi connectivity index (χ3v) is 9.10. The maximum absolute atomic E-state index is 10.1. The van der Waals surface area contributed by atoms with Crippen molar-refractivity contribution in [3.05, 3.63) is 11.6 Å². The monoisotopic (exact) mass is 332 g/mol. The van der Waals surface area contributed by atoms with E-state index in [1.54, 1.807) is 5.57 Å². The fourth-order valence-corrected chi connectivity index (χ4v) is 7.59. The van der Waals surface area contributed by atoms with Crippen LogP contribution in [0.25, 0.3) is 0 Å². The molecule has 4 aliphatic carbocycles. The van der Waals surface area contributed by atoms with Crippen LogP contribution >= 0.6 is 0 Å². The molecule has 2 heteroatoms. The smallest absolute Gasteiger partial charge is 0.0543 e. The number of hydrogen-bond acceptors (Lipinski definition) is 2. The maximum atomic E-state index is 10.1. The highest BCUT2D eigenvalue weighted by molar-refractivity contribution is 5.27. The van der Waals surface area contributed by atoms with E-state index in [0.717, 1.165) is 24.7 Å². The topological polar surface area (TPSA) is 40.5 Å². The van der Waals surface area contributed by atoms with Crippen LogP contribution in [0, 0.1) is 40.4 Å². The van der Waals surface area contributed by atoms with Crippen LogP contribution in [0.15, 0.2) is 11.6 Å². The van der Waals surface area contributed by atoms with Gasteiger partial charge in [0.15, 0.2) is 0 Å². The van der Waals surface area contributed by atoms with Gasteiger partial charge >= 0.3 is 0 Å². The normalized spacial score (nSPS) is 52.0. The van der Waals surface area contributed by atoms with Gasteiger partial charge in [-0.2, -0.15) is 0 Å². The lowest BCUT2D eigenvalue weighted by atomic mass is 9.47. The van der Waals surface area contributed by atoms with Gasteiger partial charge in [-0.25, -0.2) is 0 Å². The van der Waals surface area contributed by atoms with Crippen molar-refractivity contribution < 1.29 is 10.2 Å². The molecule has 8 atom stereocenters. The summed E-state index contributed by atoms with van der Waals surface area (Å²) in [5.41, 5.74) is 2.61. The van der Waals surface area contributed by atoms with Crippen LogP contribution in [-0.2, 0) is 0 Å². The number of hydrogen-bond donors (Lipinski definition) is 2. The molecule has 0 heterocycles. The molecule has 2 nitrogen and oxygen atoms in total. The van der Waals surface area contributed by atoms with E-state index in [1.165, 1.54) is 38.5 Å². The minimum atomic E-state index is -0.0619. The fourth-order valence-electron chi connectivity index (χ4n) is 7.59. The summed E-state index contributed by atoms with van der Waals surface area (Å²) in [5, 5.41) is 19.8. The molecule has 2 N–H and O–H groups in total. The zero-order valence-electron chi connectivity index (χ0n) is 15.8. The van der Waals surface area contributed by atoms with Crippen LogP contribution in [-0.4, -0.2) is 22.9 Å². The Labute approximate surface area is 147 Å². The first-order chi connectivity index (χ1) is 11.4. The number of rotatable bonds is 2. The number of aliphatic hydroxyl groups excluding tert-OH is 2. The standard InChI is InChI=1S/C22H36O2/c1-14(13-23)18-6-7-19-17-5-4-15-12-16(24)8-10-21(15,2)20(17)9-11-22(18,19)3/h5,14-16,18-20,23-24H,4,6-13H2,1-3H3/t14-,15+,16+,18-,19+,20+,21+,22-/m1/s1. The van der Waals surface area contributed by atoms with Crippen molar-refractivity contribution >= 4 is 0 Å². The molecule has 0 bridgehead atoms. The molecule has 0 unspecified atom stereocenters. The molecule has 136 valence electrons. The van der Waals surface area contributed by atoms with E-state index in [1.807, 2.05) is 0 Å². The molecule has 0 spiro atoms. The van der Waals surface area contributed by atoms with Crippen LogP contribution in [0.2, 0.25) is 0 Å². The zero-order chi connectivity index (χ0) is 17.1. The predicted octanol–water partition coefficient (Wildman–Crippen LogP) is 4.55. The Balaban J connectivity index is 1.64. The second-order valence-corrected chi connectivity index (χ2v) is 10.1. The molecule has 0 aromatic carbocycles. The average Bonchev–Trinajstić information content (AvgIpc) is 2.92. The van der Waals surface area contributed by atoms with Gasteiger partial charge < -0.3 is 10.2 Å². The van der Waals surface area contributed by atoms with Crippen molar-refractivity contribution in [3.8, 4) is 0 Å². The minimum Gasteiger partial charge on any atom is -0.396 e. The van der Waals surface area contributed by atoms with Crippen LogP contribution in [0.1, 0.15) is 72.1 Å². The number of fused-ring (bicyclic) bond motifs is 5. The third-order valence-electron chi connectivity index (χ3n) is 9.10. The SMILES string of the molecule is C[C@H](CO)[C@H]1CC[C@H]2C3=CC[C@H]4C[C@@H](O)CC[C@]4(C)[C@H]3CC[C@]12C. The number of aliphatic hydroxyl groups is 2. The van der Waals surface area contributed by atoms with Gasteiger partial charge in [0, 0.05) is 6.61 Å². The molecule has 0 saturated heterocycles. The highest BCUT2D eigenvalue weighted by atomic mass is 16.3. The van der Waals surface area contributed by atoms with Crippen molar-refractivity contribution in [1.29, 1.82) is 0 Å². The molecule has 0 amide bonds. The maximum Gasteiger partial charge on any atom is 0.0543 e. The minimum absolute atomic E-state index is 0.0619. The second-order valence-electron chi connectivity index (χ2n) is 10.1. The Morgan fingerprint density at radius 2 is 1.79 bits per heavy atom. The Bertz CT molecular complexity index is 526. The van der Waals surface area contributed by atoms with E-state index in [4.69, 9.17) is 0 Å². The van der Waals surface area contributed by atoms with E-state index in [2.05, 4.69) is 26.8 Å². The Kier molecular flexibility index (Phi) is 4.16. The largest absolute Gasteiger partial charge is 0.396 e. The summed E-state index contributed by atoms with van der Waals surface area (Å²) in [6, 6.07) is 0. The predicted molar refractivity (Wildman–Crippen MR) is 97.4 cm³/mol. The van der Waals surface area contributed by atoms with Gasteiger partial charge in [-0.3, -0.25) is 0 Å². The summed E-state index contributed by atoms with van der Waals surface area (Å²) in [6.07, 6.45) is 12.2. The van der Waals surface area contributed by atoms with Crippen LogP contribution in [0.5, 0.6) is 0 Å². The zero-order valence-corrected chi connectivity index (χ0v) is 15.8. The van der Waals surface area contributed by atoms with E-state index < -0.39 is 0 Å². The third kappa shape index (κ3) is 2.28. The summed E-state index contributed by atoms with van der Waals surface area (Å²) in [6.45, 7) is 7.65. The molecule has 0 radical (unpaired) electrons. The van der Waals surface area contributed by atoms with E-state index >= 15 is 0 Å². The average molecular weight is 333 g/mol. The quantitative estimate of drug-likeness (QED) is 0.728. The Hall–Kier alpha value is -0.340. The lowest BCUT2D eigenvalue weighted by Gasteiger charge is -2.57. The lowest BCUT2D eigenvalue weighted by Crippen LogP contribution is -2.50. The Morgan fingerprint density at radius 1 is 1.08 bits per heavy atom. The van der Waals surface area contributed by atoms with E-state index in [-0.39, 0.29) is 6.10 Å². The first-order valence-electron chi connectivity index (χ1n) is 10.4. The van der Waals surface area contributed by atoms with Gasteiger partial charge in [0.2, 0.25) is 0 Å². The Morgan fingerprint density at radius 3 is 2.54 bits per heavy atom. The van der Waals surface area contributed by atoms with Gasteiger partial charge in [0.05, 0.1) is 6.10 Å². The summed E-state index contributed by atoms with van der Waals surface area (Å²) in [5.74, 6) is 3.32. The summed E-state index contributed by atoms with van der Waals surface area (Å²) >= 11 is 0. The highest BCUT2D eigenvalue weighted by Crippen LogP contribution is 2.66. The van der Waals surface area contributed by atoms with Gasteiger partial charge in [-0.15, -0.1) is 0 Å². The summed E-state index contributed by atoms with van der Waals surface area (Å²) in [4.78, 5) is 0. The number of allylic oxidation sites excluding steroid dienone is 2. The second kappa shape index (κ2) is 5.84. The molecule has 3 fully saturated rings. The van der Waals surface area contributed by atoms with Crippen molar-refractivity contribution in [2.45, 2.75) is 78.2 Å². The first-order valence-corrected chi connectivity index (χ1v) is 10.4. The van der Waals surface area contributed by atoms with Crippen molar-refractivity contribution in [2.75, 3.05) is 6.61 Å². The van der Waals surface area contributed by atoms with Crippen LogP contribution < -0.4 is 0 Å². The summed E-state index contributed by atoms with van der Waals surface area (Å²) < 4.78 is 0. The van der Waals surface area contributed by atoms with Crippen LogP contribution in [0.4, 0.5) is 0 Å². The van der Waals surface area contributed by atoms with Crippen molar-refractivity contribution in [1.82, 2.24) is 0 Å². The van der Waals surface area contributed by atoms with Crippen LogP contribution in [0.3, 0.4) is 0 Å². The van der Waals surface area contributed by atoms with Crippen molar-refractivity contribution in [3.63, 3.8) is 0 Å². The van der Waals surface area contributed by atoms with E-state index in [9.17, 15) is 10.2 Å². The van der Waals surface area contributed by atoms with Crippen molar-refractivity contribution in [2.24, 2.45) is 40.4 Å². The fraction of sp³-hybridized carbons (Fsp3) is 0.909.